The summed E-state index contributed by atoms with van der Waals surface area (Å²) in [5.74, 6) is -0.110. The van der Waals surface area contributed by atoms with Crippen molar-refractivity contribution in [2.45, 2.75) is 51.4 Å². The first kappa shape index (κ1) is 11.7. The molecule has 0 spiro atoms. The van der Waals surface area contributed by atoms with Crippen molar-refractivity contribution in [2.24, 2.45) is 23.7 Å². The average Bonchev–Trinajstić information content (AvgIpc) is 2.75. The largest absolute Gasteiger partial charge is 0.393 e. The number of allylic oxidation sites excluding steroid dienone is 2. The molecule has 4 atom stereocenters. The first-order valence-corrected chi connectivity index (χ1v) is 7.74. The highest BCUT2D eigenvalue weighted by atomic mass is 16.6. The van der Waals surface area contributed by atoms with Crippen molar-refractivity contribution in [1.82, 2.24) is 0 Å². The molecule has 3 nitrogen and oxygen atoms in total. The molecule has 1 saturated heterocycles. The molecule has 2 saturated carbocycles. The molecule has 0 aromatic heterocycles. The third kappa shape index (κ3) is 1.56. The van der Waals surface area contributed by atoms with Crippen molar-refractivity contribution in [3.05, 3.63) is 11.1 Å². The van der Waals surface area contributed by atoms with Crippen molar-refractivity contribution < 1.29 is 14.3 Å². The molecule has 0 N–H and O–H groups in total. The molecule has 0 amide bonds. The number of rotatable bonds is 0. The zero-order valence-electron chi connectivity index (χ0n) is 11.2. The fraction of sp³-hybridized carbons (Fsp3) is 0.750. The Bertz CT molecular complexity index is 434. The molecule has 3 heteroatoms. The smallest absolute Gasteiger partial charge is 0.318 e. The van der Waals surface area contributed by atoms with Crippen molar-refractivity contribution >= 4 is 11.9 Å². The Hall–Kier alpha value is -1.12. The highest BCUT2D eigenvalue weighted by molar-refractivity contribution is 5.97. The van der Waals surface area contributed by atoms with Gasteiger partial charge in [-0.3, -0.25) is 9.59 Å². The minimum Gasteiger partial charge on any atom is -0.393 e. The number of ether oxygens (including phenoxy) is 1. The summed E-state index contributed by atoms with van der Waals surface area (Å²) in [5, 5.41) is 0. The summed E-state index contributed by atoms with van der Waals surface area (Å²) in [5.41, 5.74) is 3.09. The molecule has 3 aliphatic carbocycles. The summed E-state index contributed by atoms with van der Waals surface area (Å²) < 4.78 is 5.00. The first-order valence-electron chi connectivity index (χ1n) is 7.74. The number of carbonyl (C=O) groups is 2. The van der Waals surface area contributed by atoms with Crippen LogP contribution < -0.4 is 0 Å². The predicted molar refractivity (Wildman–Crippen MR) is 69.0 cm³/mol. The molecule has 0 bridgehead atoms. The highest BCUT2D eigenvalue weighted by Crippen LogP contribution is 2.55. The van der Waals surface area contributed by atoms with Crippen LogP contribution >= 0.6 is 0 Å². The Morgan fingerprint density at radius 3 is 1.68 bits per heavy atom. The van der Waals surface area contributed by atoms with E-state index in [4.69, 9.17) is 4.74 Å². The third-order valence-corrected chi connectivity index (χ3v) is 5.73. The lowest BCUT2D eigenvalue weighted by Crippen LogP contribution is -2.41. The van der Waals surface area contributed by atoms with E-state index in [9.17, 15) is 9.59 Å². The Labute approximate surface area is 113 Å². The first-order chi connectivity index (χ1) is 9.27. The van der Waals surface area contributed by atoms with E-state index < -0.39 is 0 Å². The lowest BCUT2D eigenvalue weighted by molar-refractivity contribution is -0.154. The van der Waals surface area contributed by atoms with Crippen LogP contribution in [-0.4, -0.2) is 11.9 Å². The maximum Gasteiger partial charge on any atom is 0.318 e. The Morgan fingerprint density at radius 1 is 0.737 bits per heavy atom. The molecular weight excluding hydrogens is 240 g/mol. The molecule has 3 fully saturated rings. The van der Waals surface area contributed by atoms with Gasteiger partial charge in [0.05, 0.1) is 11.8 Å². The van der Waals surface area contributed by atoms with Gasteiger partial charge in [-0.15, -0.1) is 0 Å². The molecule has 0 aromatic carbocycles. The standard InChI is InChI=1S/C16H20O3/c17-15-13-11-7-3-1-5-9(11)10-6-2-4-8-12(10)14(13)16(18)19-15/h11-14H,1-8H2/t11-,12-,13-,14-/m1/s1. The summed E-state index contributed by atoms with van der Waals surface area (Å²) in [7, 11) is 0. The number of hydrogen-bond acceptors (Lipinski definition) is 3. The number of hydrogen-bond donors (Lipinski definition) is 0. The van der Waals surface area contributed by atoms with Gasteiger partial charge in [-0.05, 0) is 50.4 Å². The normalized spacial score (nSPS) is 41.5. The van der Waals surface area contributed by atoms with E-state index in [0.29, 0.717) is 11.8 Å². The quantitative estimate of drug-likeness (QED) is 0.382. The van der Waals surface area contributed by atoms with Crippen LogP contribution in [0.5, 0.6) is 0 Å². The number of cyclic esters (lactones) is 2. The van der Waals surface area contributed by atoms with Gasteiger partial charge in [0.1, 0.15) is 0 Å². The van der Waals surface area contributed by atoms with Crippen LogP contribution in [0.2, 0.25) is 0 Å². The molecule has 1 aliphatic heterocycles. The van der Waals surface area contributed by atoms with E-state index in [0.717, 1.165) is 25.7 Å². The summed E-state index contributed by atoms with van der Waals surface area (Å²) >= 11 is 0. The van der Waals surface area contributed by atoms with E-state index >= 15 is 0 Å². The molecule has 0 unspecified atom stereocenters. The van der Waals surface area contributed by atoms with Gasteiger partial charge in [-0.1, -0.05) is 24.0 Å². The predicted octanol–water partition coefficient (Wildman–Crippen LogP) is 2.99. The summed E-state index contributed by atoms with van der Waals surface area (Å²) in [6.07, 6.45) is 9.35. The molecule has 102 valence electrons. The van der Waals surface area contributed by atoms with Gasteiger partial charge in [-0.25, -0.2) is 0 Å². The summed E-state index contributed by atoms with van der Waals surface area (Å²) in [4.78, 5) is 24.2. The fourth-order valence-corrected chi connectivity index (χ4v) is 5.03. The van der Waals surface area contributed by atoms with E-state index in [-0.39, 0.29) is 23.8 Å². The number of esters is 2. The van der Waals surface area contributed by atoms with Crippen molar-refractivity contribution in [3.63, 3.8) is 0 Å². The molecule has 19 heavy (non-hydrogen) atoms. The van der Waals surface area contributed by atoms with Crippen LogP contribution in [0.3, 0.4) is 0 Å². The van der Waals surface area contributed by atoms with Crippen LogP contribution in [0.25, 0.3) is 0 Å². The third-order valence-electron chi connectivity index (χ3n) is 5.73. The van der Waals surface area contributed by atoms with E-state index in [1.54, 1.807) is 11.1 Å². The van der Waals surface area contributed by atoms with Gasteiger partial charge >= 0.3 is 11.9 Å². The second-order valence-electron chi connectivity index (χ2n) is 6.55. The maximum absolute atomic E-state index is 12.1. The average molecular weight is 260 g/mol. The van der Waals surface area contributed by atoms with Crippen molar-refractivity contribution in [1.29, 1.82) is 0 Å². The Kier molecular flexibility index (Phi) is 2.58. The van der Waals surface area contributed by atoms with Crippen LogP contribution in [-0.2, 0) is 14.3 Å². The molecular formula is C16H20O3. The SMILES string of the molecule is O=C1OC(=O)[C@H]2[C@H]1[C@@H]1CCCCC1=C1CCCC[C@H]12. The second kappa shape index (κ2) is 4.19. The fourth-order valence-electron chi connectivity index (χ4n) is 5.03. The number of fused-ring (bicyclic) bond motifs is 5. The molecule has 4 rings (SSSR count). The topological polar surface area (TPSA) is 43.4 Å². The van der Waals surface area contributed by atoms with E-state index in [1.165, 1.54) is 25.7 Å². The van der Waals surface area contributed by atoms with Gasteiger partial charge < -0.3 is 4.74 Å². The minimum absolute atomic E-state index is 0.144. The van der Waals surface area contributed by atoms with Crippen LogP contribution in [0.4, 0.5) is 0 Å². The van der Waals surface area contributed by atoms with Gasteiger partial charge in [0.25, 0.3) is 0 Å². The molecule has 4 aliphatic rings. The van der Waals surface area contributed by atoms with Gasteiger partial charge in [-0.2, -0.15) is 0 Å². The Morgan fingerprint density at radius 2 is 1.21 bits per heavy atom. The van der Waals surface area contributed by atoms with E-state index in [2.05, 4.69) is 0 Å². The zero-order chi connectivity index (χ0) is 13.0. The van der Waals surface area contributed by atoms with Gasteiger partial charge in [0, 0.05) is 0 Å². The van der Waals surface area contributed by atoms with Crippen LogP contribution in [0, 0.1) is 23.7 Å². The van der Waals surface area contributed by atoms with Crippen LogP contribution in [0.15, 0.2) is 11.1 Å². The van der Waals surface area contributed by atoms with Gasteiger partial charge in [0.15, 0.2) is 0 Å². The molecule has 0 radical (unpaired) electrons. The lowest BCUT2D eigenvalue weighted by Gasteiger charge is -2.43. The molecule has 1 heterocycles. The zero-order valence-corrected chi connectivity index (χ0v) is 11.2. The minimum atomic E-state index is -0.232. The number of carbonyl (C=O) groups excluding carboxylic acids is 2. The van der Waals surface area contributed by atoms with Gasteiger partial charge in [0.2, 0.25) is 0 Å². The van der Waals surface area contributed by atoms with Crippen molar-refractivity contribution in [2.75, 3.05) is 0 Å². The van der Waals surface area contributed by atoms with E-state index in [1.807, 2.05) is 0 Å². The van der Waals surface area contributed by atoms with Crippen LogP contribution in [0.1, 0.15) is 51.4 Å². The summed E-state index contributed by atoms with van der Waals surface area (Å²) in [6.45, 7) is 0. The molecule has 0 aromatic rings. The Balaban J connectivity index is 1.83. The lowest BCUT2D eigenvalue weighted by atomic mass is 9.58. The second-order valence-corrected chi connectivity index (χ2v) is 6.55. The monoisotopic (exact) mass is 260 g/mol. The highest BCUT2D eigenvalue weighted by Gasteiger charge is 2.56. The summed E-state index contributed by atoms with van der Waals surface area (Å²) in [6, 6.07) is 0. The van der Waals surface area contributed by atoms with Crippen molar-refractivity contribution in [3.8, 4) is 0 Å². The maximum atomic E-state index is 12.1.